The van der Waals surface area contributed by atoms with Crippen molar-refractivity contribution in [1.29, 1.82) is 0 Å². The molecule has 0 radical (unpaired) electrons. The van der Waals surface area contributed by atoms with Gasteiger partial charge in [0, 0.05) is 13.0 Å². The van der Waals surface area contributed by atoms with E-state index < -0.39 is 31.1 Å². The summed E-state index contributed by atoms with van der Waals surface area (Å²) in [6.07, 6.45) is -2.82. The van der Waals surface area contributed by atoms with Crippen LogP contribution >= 0.6 is 0 Å². The third kappa shape index (κ3) is 1.91. The second-order valence-electron chi connectivity index (χ2n) is 4.27. The third-order valence-electron chi connectivity index (χ3n) is 3.16. The highest BCUT2D eigenvalue weighted by molar-refractivity contribution is 5.36. The number of aliphatic hydroxyl groups is 3. The summed E-state index contributed by atoms with van der Waals surface area (Å²) in [5, 5.41) is 47.4. The summed E-state index contributed by atoms with van der Waals surface area (Å²) in [7, 11) is 0. The maximum absolute atomic E-state index is 9.85. The molecule has 18 heavy (non-hydrogen) atoms. The first kappa shape index (κ1) is 13.0. The lowest BCUT2D eigenvalue weighted by Crippen LogP contribution is -2.48. The molecule has 2 rings (SSSR count). The zero-order valence-electron chi connectivity index (χ0n) is 9.76. The van der Waals surface area contributed by atoms with Crippen LogP contribution in [-0.4, -0.2) is 50.5 Å². The van der Waals surface area contributed by atoms with Gasteiger partial charge in [0.05, 0.1) is 6.61 Å². The fraction of sp³-hybridized carbons (Fsp3) is 0.545. The Hall–Kier alpha value is -1.41. The van der Waals surface area contributed by atoms with E-state index in [1.165, 1.54) is 23.8 Å². The van der Waals surface area contributed by atoms with E-state index in [2.05, 4.69) is 0 Å². The molecule has 0 amide bonds. The first-order valence-corrected chi connectivity index (χ1v) is 5.52. The van der Waals surface area contributed by atoms with Crippen LogP contribution in [-0.2, 0) is 4.74 Å². The van der Waals surface area contributed by atoms with Crippen molar-refractivity contribution in [3.05, 3.63) is 18.0 Å². The number of pyridine rings is 1. The summed E-state index contributed by atoms with van der Waals surface area (Å²) in [5.41, 5.74) is 0.282. The van der Waals surface area contributed by atoms with Gasteiger partial charge in [-0.2, -0.15) is 4.57 Å². The van der Waals surface area contributed by atoms with Crippen molar-refractivity contribution in [2.45, 2.75) is 31.5 Å². The number of ether oxygens (including phenoxy) is 1. The first-order chi connectivity index (χ1) is 8.47. The standard InChI is InChI=1S/C11H15NO6/c1-5-8(15)6(14)2-3-12(5)11-10(17)9(16)7(4-13)18-11/h2-3,7,9-11,13,15-17H,4H2,1H3/p+1. The molecule has 7 heteroatoms. The summed E-state index contributed by atoms with van der Waals surface area (Å²) in [5.74, 6) is -0.606. The second kappa shape index (κ2) is 4.69. The van der Waals surface area contributed by atoms with Gasteiger partial charge < -0.3 is 30.3 Å². The Balaban J connectivity index is 2.36. The van der Waals surface area contributed by atoms with Crippen molar-refractivity contribution < 1.29 is 34.8 Å². The molecule has 1 saturated heterocycles. The van der Waals surface area contributed by atoms with Crippen LogP contribution in [0.3, 0.4) is 0 Å². The summed E-state index contributed by atoms with van der Waals surface area (Å²) in [6.45, 7) is 1.11. The Bertz CT molecular complexity index is 451. The molecule has 1 aliphatic rings. The van der Waals surface area contributed by atoms with E-state index in [9.17, 15) is 20.4 Å². The monoisotopic (exact) mass is 258 g/mol. The third-order valence-corrected chi connectivity index (χ3v) is 3.16. The molecule has 1 aliphatic heterocycles. The number of aromatic hydroxyl groups is 2. The van der Waals surface area contributed by atoms with Crippen molar-refractivity contribution in [3.63, 3.8) is 0 Å². The second-order valence-corrected chi connectivity index (χ2v) is 4.27. The van der Waals surface area contributed by atoms with Gasteiger partial charge in [-0.3, -0.25) is 0 Å². The van der Waals surface area contributed by atoms with Crippen LogP contribution in [0.1, 0.15) is 11.9 Å². The number of hydrogen-bond donors (Lipinski definition) is 5. The highest BCUT2D eigenvalue weighted by atomic mass is 16.6. The minimum atomic E-state index is -1.23. The Kier molecular flexibility index (Phi) is 3.40. The van der Waals surface area contributed by atoms with E-state index in [4.69, 9.17) is 9.84 Å². The minimum Gasteiger partial charge on any atom is -0.504 e. The van der Waals surface area contributed by atoms with E-state index in [-0.39, 0.29) is 17.2 Å². The SMILES string of the molecule is Cc1c(O)c(O)cc[n+]1C1OC(CO)C(O)C1O. The largest absolute Gasteiger partial charge is 0.504 e. The molecule has 4 unspecified atom stereocenters. The molecule has 1 aromatic heterocycles. The molecular weight excluding hydrogens is 242 g/mol. The fourth-order valence-electron chi connectivity index (χ4n) is 2.03. The quantitative estimate of drug-likeness (QED) is 0.404. The Morgan fingerprint density at radius 2 is 1.94 bits per heavy atom. The van der Waals surface area contributed by atoms with Gasteiger partial charge in [0.25, 0.3) is 6.23 Å². The average Bonchev–Trinajstić information content (AvgIpc) is 2.64. The smallest absolute Gasteiger partial charge is 0.292 e. The zero-order valence-corrected chi connectivity index (χ0v) is 9.76. The number of rotatable bonds is 2. The summed E-state index contributed by atoms with van der Waals surface area (Å²) in [6, 6.07) is 1.25. The molecule has 1 fully saturated rings. The predicted octanol–water partition coefficient (Wildman–Crippen LogP) is -1.69. The molecule has 5 N–H and O–H groups in total. The molecule has 4 atom stereocenters. The maximum Gasteiger partial charge on any atom is 0.292 e. The lowest BCUT2D eigenvalue weighted by atomic mass is 10.1. The Morgan fingerprint density at radius 3 is 2.50 bits per heavy atom. The van der Waals surface area contributed by atoms with Crippen molar-refractivity contribution in [1.82, 2.24) is 0 Å². The lowest BCUT2D eigenvalue weighted by molar-refractivity contribution is -0.770. The molecular formula is C11H16NO6+. The Morgan fingerprint density at radius 1 is 1.28 bits per heavy atom. The van der Waals surface area contributed by atoms with Crippen LogP contribution < -0.4 is 4.57 Å². The van der Waals surface area contributed by atoms with Gasteiger partial charge in [-0.05, 0) is 0 Å². The minimum absolute atomic E-state index is 0.282. The number of hydrogen-bond acceptors (Lipinski definition) is 6. The van der Waals surface area contributed by atoms with Crippen molar-refractivity contribution in [2.75, 3.05) is 6.61 Å². The van der Waals surface area contributed by atoms with Crippen LogP contribution in [0, 0.1) is 6.92 Å². The number of aromatic nitrogens is 1. The van der Waals surface area contributed by atoms with Crippen molar-refractivity contribution >= 4 is 0 Å². The van der Waals surface area contributed by atoms with E-state index in [1.807, 2.05) is 0 Å². The first-order valence-electron chi connectivity index (χ1n) is 5.52. The van der Waals surface area contributed by atoms with Crippen molar-refractivity contribution in [2.24, 2.45) is 0 Å². The van der Waals surface area contributed by atoms with Gasteiger partial charge in [0.2, 0.25) is 11.4 Å². The summed E-state index contributed by atoms with van der Waals surface area (Å²) in [4.78, 5) is 0. The topological polar surface area (TPSA) is 114 Å². The summed E-state index contributed by atoms with van der Waals surface area (Å²) < 4.78 is 6.70. The average molecular weight is 258 g/mol. The van der Waals surface area contributed by atoms with Crippen LogP contribution in [0.4, 0.5) is 0 Å². The highest BCUT2D eigenvalue weighted by Gasteiger charge is 2.48. The molecule has 0 bridgehead atoms. The highest BCUT2D eigenvalue weighted by Crippen LogP contribution is 2.30. The van der Waals surface area contributed by atoms with E-state index >= 15 is 0 Å². The summed E-state index contributed by atoms with van der Waals surface area (Å²) >= 11 is 0. The molecule has 0 aliphatic carbocycles. The molecule has 100 valence electrons. The molecule has 1 aromatic rings. The van der Waals surface area contributed by atoms with Crippen LogP contribution in [0.15, 0.2) is 12.3 Å². The van der Waals surface area contributed by atoms with Crippen molar-refractivity contribution in [3.8, 4) is 11.5 Å². The van der Waals surface area contributed by atoms with E-state index in [0.717, 1.165) is 0 Å². The van der Waals surface area contributed by atoms with E-state index in [0.29, 0.717) is 0 Å². The number of aliphatic hydroxyl groups excluding tert-OH is 3. The number of nitrogens with zero attached hydrogens (tertiary/aromatic N) is 1. The van der Waals surface area contributed by atoms with Gasteiger partial charge in [-0.1, -0.05) is 0 Å². The van der Waals surface area contributed by atoms with Gasteiger partial charge >= 0.3 is 0 Å². The van der Waals surface area contributed by atoms with Crippen LogP contribution in [0.25, 0.3) is 0 Å². The van der Waals surface area contributed by atoms with E-state index in [1.54, 1.807) is 0 Å². The molecule has 0 spiro atoms. The molecule has 7 nitrogen and oxygen atoms in total. The zero-order chi connectivity index (χ0) is 13.4. The van der Waals surface area contributed by atoms with Gasteiger partial charge in [0.15, 0.2) is 18.1 Å². The van der Waals surface area contributed by atoms with Crippen LogP contribution in [0.2, 0.25) is 0 Å². The van der Waals surface area contributed by atoms with Gasteiger partial charge in [0.1, 0.15) is 12.2 Å². The fourth-order valence-corrected chi connectivity index (χ4v) is 2.03. The van der Waals surface area contributed by atoms with Gasteiger partial charge in [-0.15, -0.1) is 0 Å². The van der Waals surface area contributed by atoms with Gasteiger partial charge in [-0.25, -0.2) is 0 Å². The molecule has 0 aromatic carbocycles. The lowest BCUT2D eigenvalue weighted by Gasteiger charge is -2.12. The maximum atomic E-state index is 9.85. The molecule has 2 heterocycles. The normalized spacial score (nSPS) is 31.8. The van der Waals surface area contributed by atoms with Crippen LogP contribution in [0.5, 0.6) is 11.5 Å². The Labute approximate surface area is 103 Å². The molecule has 0 saturated carbocycles. The predicted molar refractivity (Wildman–Crippen MR) is 57.7 cm³/mol.